The van der Waals surface area contributed by atoms with E-state index in [0.717, 1.165) is 18.3 Å². The topological polar surface area (TPSA) is 17.0 Å². The van der Waals surface area contributed by atoms with E-state index in [1.54, 1.807) is 16.8 Å². The van der Waals surface area contributed by atoms with Gasteiger partial charge in [-0.15, -0.1) is 0 Å². The average molecular weight is 296 g/mol. The van der Waals surface area contributed by atoms with Gasteiger partial charge in [0.15, 0.2) is 0 Å². The Morgan fingerprint density at radius 2 is 1.90 bits per heavy atom. The summed E-state index contributed by atoms with van der Waals surface area (Å²) in [5.41, 5.74) is 0.834. The van der Waals surface area contributed by atoms with Crippen molar-refractivity contribution in [1.29, 1.82) is 0 Å². The third kappa shape index (κ3) is 4.11. The SMILES string of the molecule is CC(C)CNCc1cccn1-c1cccc(C(F)(F)F)c1. The fourth-order valence-electron chi connectivity index (χ4n) is 2.13. The Morgan fingerprint density at radius 3 is 2.57 bits per heavy atom. The van der Waals surface area contributed by atoms with E-state index in [4.69, 9.17) is 0 Å². The molecule has 2 nitrogen and oxygen atoms in total. The molecule has 0 radical (unpaired) electrons. The number of aromatic nitrogens is 1. The molecule has 0 fully saturated rings. The largest absolute Gasteiger partial charge is 0.416 e. The van der Waals surface area contributed by atoms with E-state index in [9.17, 15) is 13.2 Å². The van der Waals surface area contributed by atoms with Gasteiger partial charge in [0, 0.05) is 24.1 Å². The van der Waals surface area contributed by atoms with Gasteiger partial charge in [0.1, 0.15) is 0 Å². The van der Waals surface area contributed by atoms with Crippen molar-refractivity contribution in [2.24, 2.45) is 5.92 Å². The molecule has 2 rings (SSSR count). The van der Waals surface area contributed by atoms with Crippen molar-refractivity contribution in [2.75, 3.05) is 6.54 Å². The molecule has 0 aliphatic rings. The highest BCUT2D eigenvalue weighted by Gasteiger charge is 2.30. The van der Waals surface area contributed by atoms with Gasteiger partial charge in [-0.25, -0.2) is 0 Å². The Balaban J connectivity index is 2.21. The smallest absolute Gasteiger partial charge is 0.320 e. The number of alkyl halides is 3. The van der Waals surface area contributed by atoms with Gasteiger partial charge >= 0.3 is 6.18 Å². The number of hydrogen-bond acceptors (Lipinski definition) is 1. The molecule has 1 heterocycles. The molecule has 5 heteroatoms. The molecule has 0 bridgehead atoms. The first kappa shape index (κ1) is 15.6. The maximum Gasteiger partial charge on any atom is 0.416 e. The molecular formula is C16H19F3N2. The van der Waals surface area contributed by atoms with Crippen molar-refractivity contribution < 1.29 is 13.2 Å². The number of nitrogens with zero attached hydrogens (tertiary/aromatic N) is 1. The van der Waals surface area contributed by atoms with Crippen LogP contribution in [0, 0.1) is 5.92 Å². The molecule has 0 amide bonds. The van der Waals surface area contributed by atoms with Crippen LogP contribution in [-0.2, 0) is 12.7 Å². The number of hydrogen-bond donors (Lipinski definition) is 1. The highest BCUT2D eigenvalue weighted by Crippen LogP contribution is 2.30. The molecule has 21 heavy (non-hydrogen) atoms. The fourth-order valence-corrected chi connectivity index (χ4v) is 2.13. The van der Waals surface area contributed by atoms with Crippen LogP contribution >= 0.6 is 0 Å². The summed E-state index contributed by atoms with van der Waals surface area (Å²) >= 11 is 0. The summed E-state index contributed by atoms with van der Waals surface area (Å²) in [7, 11) is 0. The molecule has 0 unspecified atom stereocenters. The summed E-state index contributed by atoms with van der Waals surface area (Å²) in [4.78, 5) is 0. The van der Waals surface area contributed by atoms with Crippen molar-refractivity contribution in [3.8, 4) is 5.69 Å². The molecule has 0 aliphatic carbocycles. The third-order valence-corrected chi connectivity index (χ3v) is 3.14. The van der Waals surface area contributed by atoms with Crippen molar-refractivity contribution >= 4 is 0 Å². The number of nitrogens with one attached hydrogen (secondary N) is 1. The van der Waals surface area contributed by atoms with Gasteiger partial charge in [-0.2, -0.15) is 13.2 Å². The van der Waals surface area contributed by atoms with E-state index in [2.05, 4.69) is 19.2 Å². The van der Waals surface area contributed by atoms with Gasteiger partial charge in [-0.3, -0.25) is 0 Å². The van der Waals surface area contributed by atoms with Crippen LogP contribution in [0.2, 0.25) is 0 Å². The minimum Gasteiger partial charge on any atom is -0.320 e. The Morgan fingerprint density at radius 1 is 1.14 bits per heavy atom. The molecule has 0 saturated carbocycles. The Kier molecular flexibility index (Phi) is 4.73. The van der Waals surface area contributed by atoms with Crippen LogP contribution in [0.25, 0.3) is 5.69 Å². The van der Waals surface area contributed by atoms with Crippen molar-refractivity contribution in [2.45, 2.75) is 26.6 Å². The van der Waals surface area contributed by atoms with Crippen LogP contribution in [0.1, 0.15) is 25.1 Å². The van der Waals surface area contributed by atoms with Gasteiger partial charge in [-0.05, 0) is 42.8 Å². The lowest BCUT2D eigenvalue weighted by Gasteiger charge is -2.13. The average Bonchev–Trinajstić information content (AvgIpc) is 2.86. The number of benzene rings is 1. The molecule has 0 spiro atoms. The zero-order valence-corrected chi connectivity index (χ0v) is 12.1. The Labute approximate surface area is 122 Å². The zero-order chi connectivity index (χ0) is 15.5. The fraction of sp³-hybridized carbons (Fsp3) is 0.375. The second kappa shape index (κ2) is 6.35. The van der Waals surface area contributed by atoms with Gasteiger partial charge in [0.05, 0.1) is 5.56 Å². The molecular weight excluding hydrogens is 277 g/mol. The first-order valence-electron chi connectivity index (χ1n) is 6.92. The number of halogens is 3. The second-order valence-corrected chi connectivity index (χ2v) is 5.44. The van der Waals surface area contributed by atoms with Crippen molar-refractivity contribution in [3.05, 3.63) is 53.9 Å². The van der Waals surface area contributed by atoms with Gasteiger partial charge in [-0.1, -0.05) is 19.9 Å². The van der Waals surface area contributed by atoms with Crippen LogP contribution in [0.15, 0.2) is 42.6 Å². The van der Waals surface area contributed by atoms with Crippen LogP contribution in [0.4, 0.5) is 13.2 Å². The first-order chi connectivity index (χ1) is 9.88. The van der Waals surface area contributed by atoms with Gasteiger partial charge in [0.25, 0.3) is 0 Å². The minimum absolute atomic E-state index is 0.524. The molecule has 0 saturated heterocycles. The predicted molar refractivity (Wildman–Crippen MR) is 77.3 cm³/mol. The lowest BCUT2D eigenvalue weighted by Crippen LogP contribution is -2.20. The highest BCUT2D eigenvalue weighted by atomic mass is 19.4. The molecule has 0 aliphatic heterocycles. The van der Waals surface area contributed by atoms with Gasteiger partial charge in [0.2, 0.25) is 0 Å². The minimum atomic E-state index is -4.32. The van der Waals surface area contributed by atoms with Crippen LogP contribution in [0.5, 0.6) is 0 Å². The second-order valence-electron chi connectivity index (χ2n) is 5.44. The van der Waals surface area contributed by atoms with Crippen molar-refractivity contribution in [1.82, 2.24) is 9.88 Å². The Bertz CT molecular complexity index is 585. The lowest BCUT2D eigenvalue weighted by molar-refractivity contribution is -0.137. The summed E-state index contributed by atoms with van der Waals surface area (Å²) in [5, 5.41) is 3.30. The van der Waals surface area contributed by atoms with Crippen LogP contribution < -0.4 is 5.32 Å². The van der Waals surface area contributed by atoms with Crippen LogP contribution in [-0.4, -0.2) is 11.1 Å². The van der Waals surface area contributed by atoms with E-state index in [0.29, 0.717) is 18.2 Å². The predicted octanol–water partition coefficient (Wildman–Crippen LogP) is 4.24. The Hall–Kier alpha value is -1.75. The standard InChI is InChI=1S/C16H19F3N2/c1-12(2)10-20-11-15-7-4-8-21(15)14-6-3-5-13(9-14)16(17,18)19/h3-9,12,20H,10-11H2,1-2H3. The maximum atomic E-state index is 12.8. The summed E-state index contributed by atoms with van der Waals surface area (Å²) in [6.45, 7) is 5.72. The van der Waals surface area contributed by atoms with E-state index in [-0.39, 0.29) is 0 Å². The molecule has 114 valence electrons. The quantitative estimate of drug-likeness (QED) is 0.873. The summed E-state index contributed by atoms with van der Waals surface area (Å²) in [6, 6.07) is 9.13. The van der Waals surface area contributed by atoms with E-state index >= 15 is 0 Å². The molecule has 1 N–H and O–H groups in total. The van der Waals surface area contributed by atoms with Crippen molar-refractivity contribution in [3.63, 3.8) is 0 Å². The van der Waals surface area contributed by atoms with E-state index in [1.165, 1.54) is 12.1 Å². The first-order valence-corrected chi connectivity index (χ1v) is 6.92. The molecule has 1 aromatic heterocycles. The lowest BCUT2D eigenvalue weighted by atomic mass is 10.2. The monoisotopic (exact) mass is 296 g/mol. The summed E-state index contributed by atoms with van der Waals surface area (Å²) < 4.78 is 40.1. The van der Waals surface area contributed by atoms with E-state index < -0.39 is 11.7 Å². The normalized spacial score (nSPS) is 12.1. The molecule has 2 aromatic rings. The maximum absolute atomic E-state index is 12.8. The third-order valence-electron chi connectivity index (χ3n) is 3.14. The summed E-state index contributed by atoms with van der Waals surface area (Å²) in [5.74, 6) is 0.530. The van der Waals surface area contributed by atoms with Gasteiger partial charge < -0.3 is 9.88 Å². The highest BCUT2D eigenvalue weighted by molar-refractivity contribution is 5.39. The molecule has 0 atom stereocenters. The van der Waals surface area contributed by atoms with Crippen LogP contribution in [0.3, 0.4) is 0 Å². The zero-order valence-electron chi connectivity index (χ0n) is 12.1. The summed E-state index contributed by atoms with van der Waals surface area (Å²) in [6.07, 6.45) is -2.54. The van der Waals surface area contributed by atoms with E-state index in [1.807, 2.05) is 12.1 Å². The molecule has 1 aromatic carbocycles. The number of rotatable bonds is 5.